The first-order chi connectivity index (χ1) is 14.1. The molecule has 6 nitrogen and oxygen atoms in total. The van der Waals surface area contributed by atoms with Crippen LogP contribution in [-0.4, -0.2) is 21.1 Å². The van der Waals surface area contributed by atoms with Crippen molar-refractivity contribution in [1.82, 2.24) is 14.5 Å². The Bertz CT molecular complexity index is 1150. The van der Waals surface area contributed by atoms with Gasteiger partial charge in [0.05, 0.1) is 6.54 Å². The minimum Gasteiger partial charge on any atom is -0.334 e. The second kappa shape index (κ2) is 7.51. The number of alkyl halides is 3. The van der Waals surface area contributed by atoms with Crippen molar-refractivity contribution < 1.29 is 13.2 Å². The van der Waals surface area contributed by atoms with Gasteiger partial charge in [0, 0.05) is 24.0 Å². The summed E-state index contributed by atoms with van der Waals surface area (Å²) in [5.41, 5.74) is 9.03. The molecule has 0 saturated heterocycles. The van der Waals surface area contributed by atoms with Crippen LogP contribution in [0.1, 0.15) is 38.3 Å². The van der Waals surface area contributed by atoms with Crippen LogP contribution in [0.4, 0.5) is 19.1 Å². The molecule has 1 unspecified atom stereocenters. The lowest BCUT2D eigenvalue weighted by atomic mass is 9.94. The van der Waals surface area contributed by atoms with Crippen molar-refractivity contribution in [1.29, 1.82) is 0 Å². The smallest absolute Gasteiger partial charge is 0.334 e. The van der Waals surface area contributed by atoms with Crippen molar-refractivity contribution >= 4 is 17.3 Å². The predicted octanol–water partition coefficient (Wildman–Crippen LogP) is 3.40. The molecule has 3 heterocycles. The van der Waals surface area contributed by atoms with E-state index < -0.39 is 16.7 Å². The van der Waals surface area contributed by atoms with Gasteiger partial charge in [-0.3, -0.25) is 4.57 Å². The van der Waals surface area contributed by atoms with Gasteiger partial charge in [0.2, 0.25) is 5.95 Å². The van der Waals surface area contributed by atoms with Crippen LogP contribution in [0.5, 0.6) is 0 Å². The van der Waals surface area contributed by atoms with Crippen LogP contribution in [-0.2, 0) is 19.3 Å². The van der Waals surface area contributed by atoms with Gasteiger partial charge in [-0.1, -0.05) is 23.8 Å². The number of hydrogen-bond acceptors (Lipinski definition) is 6. The molecule has 0 saturated carbocycles. The van der Waals surface area contributed by atoms with Gasteiger partial charge in [0.15, 0.2) is 0 Å². The molecule has 1 atom stereocenters. The number of rotatable bonds is 3. The molecule has 0 spiro atoms. The van der Waals surface area contributed by atoms with Crippen molar-refractivity contribution in [3.05, 3.63) is 73.1 Å². The van der Waals surface area contributed by atoms with E-state index in [2.05, 4.69) is 16.0 Å². The molecule has 3 aromatic rings. The fourth-order valence-electron chi connectivity index (χ4n) is 3.57. The van der Waals surface area contributed by atoms with Gasteiger partial charge in [-0.05, 0) is 37.1 Å². The molecule has 1 aliphatic heterocycles. The number of benzene rings is 1. The molecule has 2 N–H and O–H groups in total. The fraction of sp³-hybridized carbons (Fsp3) is 0.350. The summed E-state index contributed by atoms with van der Waals surface area (Å²) in [6.07, 6.45) is -4.40. The maximum absolute atomic E-state index is 12.8. The molecule has 30 heavy (non-hydrogen) atoms. The second-order valence-electron chi connectivity index (χ2n) is 7.39. The average Bonchev–Trinajstić information content (AvgIpc) is 3.14. The van der Waals surface area contributed by atoms with E-state index in [-0.39, 0.29) is 18.5 Å². The number of thiophene rings is 1. The van der Waals surface area contributed by atoms with Gasteiger partial charge in [0.1, 0.15) is 10.7 Å². The third-order valence-corrected chi connectivity index (χ3v) is 6.21. The Hall–Kier alpha value is -2.72. The first-order valence-electron chi connectivity index (χ1n) is 9.33. The number of hydrogen-bond donors (Lipinski definition) is 1. The third kappa shape index (κ3) is 3.97. The summed E-state index contributed by atoms with van der Waals surface area (Å²) in [5.74, 6) is 0.660. The lowest BCUT2D eigenvalue weighted by Crippen LogP contribution is -2.40. The van der Waals surface area contributed by atoms with E-state index in [1.54, 1.807) is 6.92 Å². The Balaban J connectivity index is 1.60. The molecule has 10 heteroatoms. The van der Waals surface area contributed by atoms with Gasteiger partial charge >= 0.3 is 11.9 Å². The van der Waals surface area contributed by atoms with E-state index in [0.29, 0.717) is 35.1 Å². The van der Waals surface area contributed by atoms with E-state index in [0.717, 1.165) is 22.8 Å². The van der Waals surface area contributed by atoms with Gasteiger partial charge in [-0.15, -0.1) is 11.3 Å². The third-order valence-electron chi connectivity index (χ3n) is 5.10. The number of fused-ring (bicyclic) bond motifs is 1. The lowest BCUT2D eigenvalue weighted by Gasteiger charge is -2.33. The van der Waals surface area contributed by atoms with Crippen molar-refractivity contribution in [2.24, 2.45) is 5.73 Å². The molecule has 1 aromatic carbocycles. The number of aryl methyl sites for hydroxylation is 2. The number of aromatic nitrogens is 3. The molecule has 0 aliphatic carbocycles. The van der Waals surface area contributed by atoms with Gasteiger partial charge in [-0.2, -0.15) is 23.1 Å². The average molecular weight is 435 g/mol. The zero-order valence-electron chi connectivity index (χ0n) is 16.4. The maximum atomic E-state index is 12.8. The Morgan fingerprint density at radius 2 is 1.97 bits per heavy atom. The Morgan fingerprint density at radius 3 is 2.63 bits per heavy atom. The first kappa shape index (κ1) is 20.5. The molecule has 0 fully saturated rings. The molecule has 0 radical (unpaired) electrons. The SMILES string of the molecule is Cc1ccc2c(c1)C(N)CN(c1nc(C)n(Cc3ccc(C(F)(F)F)s3)c(=O)n1)C2. The van der Waals surface area contributed by atoms with Crippen molar-refractivity contribution in [3.8, 4) is 0 Å². The highest BCUT2D eigenvalue weighted by molar-refractivity contribution is 7.12. The summed E-state index contributed by atoms with van der Waals surface area (Å²) in [6.45, 7) is 4.65. The molecule has 1 aliphatic rings. The van der Waals surface area contributed by atoms with E-state index in [9.17, 15) is 18.0 Å². The van der Waals surface area contributed by atoms with Crippen LogP contribution in [0, 0.1) is 13.8 Å². The van der Waals surface area contributed by atoms with E-state index in [4.69, 9.17) is 5.73 Å². The molecular weight excluding hydrogens is 415 g/mol. The van der Waals surface area contributed by atoms with Gasteiger partial charge in [-0.25, -0.2) is 4.79 Å². The van der Waals surface area contributed by atoms with Crippen molar-refractivity contribution in [2.45, 2.75) is 39.2 Å². The Kier molecular flexibility index (Phi) is 5.15. The highest BCUT2D eigenvalue weighted by atomic mass is 32.1. The highest BCUT2D eigenvalue weighted by Crippen LogP contribution is 2.35. The zero-order chi connectivity index (χ0) is 21.6. The summed E-state index contributed by atoms with van der Waals surface area (Å²) in [7, 11) is 0. The summed E-state index contributed by atoms with van der Waals surface area (Å²) < 4.78 is 39.7. The zero-order valence-corrected chi connectivity index (χ0v) is 17.2. The van der Waals surface area contributed by atoms with Crippen LogP contribution in [0.3, 0.4) is 0 Å². The van der Waals surface area contributed by atoms with Crippen LogP contribution in [0.15, 0.2) is 35.1 Å². The summed E-state index contributed by atoms with van der Waals surface area (Å²) in [4.78, 5) is 22.7. The number of nitrogens with zero attached hydrogens (tertiary/aromatic N) is 4. The summed E-state index contributed by atoms with van der Waals surface area (Å²) in [5, 5.41) is 0. The van der Waals surface area contributed by atoms with Crippen LogP contribution >= 0.6 is 11.3 Å². The van der Waals surface area contributed by atoms with Gasteiger partial charge < -0.3 is 10.6 Å². The molecule has 158 valence electrons. The molecule has 0 bridgehead atoms. The monoisotopic (exact) mass is 435 g/mol. The Morgan fingerprint density at radius 1 is 1.20 bits per heavy atom. The minimum atomic E-state index is -4.40. The topological polar surface area (TPSA) is 77.0 Å². The lowest BCUT2D eigenvalue weighted by molar-refractivity contribution is -0.134. The Labute approximate surface area is 174 Å². The number of anilines is 1. The number of halogens is 3. The number of nitrogens with two attached hydrogens (primary N) is 1. The van der Waals surface area contributed by atoms with E-state index >= 15 is 0 Å². The fourth-order valence-corrected chi connectivity index (χ4v) is 4.43. The highest BCUT2D eigenvalue weighted by Gasteiger charge is 2.32. The van der Waals surface area contributed by atoms with Crippen molar-refractivity contribution in [3.63, 3.8) is 0 Å². The van der Waals surface area contributed by atoms with E-state index in [1.807, 2.05) is 24.0 Å². The van der Waals surface area contributed by atoms with Crippen LogP contribution in [0.2, 0.25) is 0 Å². The molecule has 0 amide bonds. The molecular formula is C20H20F3N5OS. The van der Waals surface area contributed by atoms with Crippen LogP contribution < -0.4 is 16.3 Å². The molecule has 2 aromatic heterocycles. The quantitative estimate of drug-likeness (QED) is 0.682. The van der Waals surface area contributed by atoms with Gasteiger partial charge in [0.25, 0.3) is 0 Å². The largest absolute Gasteiger partial charge is 0.425 e. The van der Waals surface area contributed by atoms with Crippen LogP contribution in [0.25, 0.3) is 0 Å². The second-order valence-corrected chi connectivity index (χ2v) is 8.56. The first-order valence-corrected chi connectivity index (χ1v) is 10.1. The normalized spacial score (nSPS) is 16.6. The minimum absolute atomic E-state index is 0.00663. The molecule has 4 rings (SSSR count). The maximum Gasteiger partial charge on any atom is 0.425 e. The standard InChI is InChI=1S/C20H20F3N5OS/c1-11-3-4-13-8-27(10-16(24)15(13)7-11)18-25-12(2)28(19(29)26-18)9-14-5-6-17(30-14)20(21,22)23/h3-7,16H,8-10,24H2,1-2H3. The summed E-state index contributed by atoms with van der Waals surface area (Å²) >= 11 is 0.611. The summed E-state index contributed by atoms with van der Waals surface area (Å²) in [6, 6.07) is 8.25. The predicted molar refractivity (Wildman–Crippen MR) is 109 cm³/mol. The van der Waals surface area contributed by atoms with E-state index in [1.165, 1.54) is 10.6 Å². The van der Waals surface area contributed by atoms with Crippen molar-refractivity contribution in [2.75, 3.05) is 11.4 Å².